The van der Waals surface area contributed by atoms with Crippen molar-refractivity contribution >= 4 is 0 Å². The van der Waals surface area contributed by atoms with Crippen LogP contribution in [0.25, 0.3) is 0 Å². The van der Waals surface area contributed by atoms with Gasteiger partial charge in [0.05, 0.1) is 18.1 Å². The maximum absolute atomic E-state index is 12.4. The molecule has 0 spiro atoms. The molecule has 0 aliphatic carbocycles. The van der Waals surface area contributed by atoms with Crippen LogP contribution >= 0.6 is 0 Å². The molecular weight excluding hydrogens is 283 g/mol. The molecule has 0 saturated heterocycles. The highest BCUT2D eigenvalue weighted by Crippen LogP contribution is 2.30. The molecule has 114 valence electrons. The second-order valence-electron chi connectivity index (χ2n) is 4.71. The summed E-state index contributed by atoms with van der Waals surface area (Å²) < 4.78 is 48.3. The summed E-state index contributed by atoms with van der Waals surface area (Å²) in [7, 11) is 0. The molecule has 6 heteroatoms. The van der Waals surface area contributed by atoms with Crippen LogP contribution in [0.2, 0.25) is 0 Å². The topological polar surface area (TPSA) is 48.4 Å². The van der Waals surface area contributed by atoms with Crippen LogP contribution in [0, 0.1) is 6.92 Å². The third-order valence-corrected chi connectivity index (χ3v) is 3.08. The summed E-state index contributed by atoms with van der Waals surface area (Å²) in [6.07, 6.45) is -4.34. The summed E-state index contributed by atoms with van der Waals surface area (Å²) in [4.78, 5) is 0. The fourth-order valence-corrected chi connectivity index (χ4v) is 1.88. The van der Waals surface area contributed by atoms with E-state index in [2.05, 4.69) is 0 Å². The van der Waals surface area contributed by atoms with E-state index in [1.165, 1.54) is 12.1 Å². The highest BCUT2D eigenvalue weighted by molar-refractivity contribution is 5.29. The van der Waals surface area contributed by atoms with Gasteiger partial charge in [-0.1, -0.05) is 0 Å². The lowest BCUT2D eigenvalue weighted by Gasteiger charge is -2.14. The Labute approximate surface area is 120 Å². The Morgan fingerprint density at radius 1 is 1.14 bits per heavy atom. The van der Waals surface area contributed by atoms with Gasteiger partial charge in [-0.3, -0.25) is 0 Å². The first-order valence-corrected chi connectivity index (χ1v) is 6.46. The second-order valence-corrected chi connectivity index (χ2v) is 4.71. The lowest BCUT2D eigenvalue weighted by molar-refractivity contribution is -0.137. The molecule has 1 aromatic heterocycles. The smallest absolute Gasteiger partial charge is 0.416 e. The van der Waals surface area contributed by atoms with Crippen molar-refractivity contribution < 1.29 is 22.3 Å². The van der Waals surface area contributed by atoms with Gasteiger partial charge in [0, 0.05) is 6.54 Å². The lowest BCUT2D eigenvalue weighted by atomic mass is 10.1. The van der Waals surface area contributed by atoms with E-state index in [0.29, 0.717) is 18.1 Å². The van der Waals surface area contributed by atoms with Gasteiger partial charge in [0.15, 0.2) is 0 Å². The number of ether oxygens (including phenoxy) is 1. The molecule has 0 bridgehead atoms. The molecule has 2 rings (SSSR count). The van der Waals surface area contributed by atoms with Gasteiger partial charge in [0.1, 0.15) is 17.3 Å². The normalized spacial score (nSPS) is 13.2. The molecule has 0 saturated carbocycles. The minimum Gasteiger partial charge on any atom is -0.493 e. The Balaban J connectivity index is 1.98. The Morgan fingerprint density at radius 2 is 1.81 bits per heavy atom. The summed E-state index contributed by atoms with van der Waals surface area (Å²) in [6, 6.07) is 8.22. The molecule has 0 amide bonds. The first-order valence-electron chi connectivity index (χ1n) is 6.46. The van der Waals surface area contributed by atoms with Gasteiger partial charge in [0.2, 0.25) is 0 Å². The highest BCUT2D eigenvalue weighted by atomic mass is 19.4. The first kappa shape index (κ1) is 15.4. The van der Waals surface area contributed by atoms with Gasteiger partial charge in [-0.2, -0.15) is 13.2 Å². The van der Waals surface area contributed by atoms with E-state index < -0.39 is 11.7 Å². The molecular formula is C15H16F3NO2. The fraction of sp³-hybridized carbons (Fsp3) is 0.333. The van der Waals surface area contributed by atoms with Gasteiger partial charge >= 0.3 is 6.18 Å². The number of alkyl halides is 3. The summed E-state index contributed by atoms with van der Waals surface area (Å²) >= 11 is 0. The number of hydrogen-bond donors (Lipinski definition) is 1. The van der Waals surface area contributed by atoms with Crippen LogP contribution in [-0.2, 0) is 6.18 Å². The zero-order valence-electron chi connectivity index (χ0n) is 11.5. The van der Waals surface area contributed by atoms with Gasteiger partial charge in [0.25, 0.3) is 0 Å². The number of halogens is 3. The molecule has 1 heterocycles. The summed E-state index contributed by atoms with van der Waals surface area (Å²) in [6.45, 7) is 2.40. The highest BCUT2D eigenvalue weighted by Gasteiger charge is 2.30. The minimum atomic E-state index is -4.34. The average molecular weight is 299 g/mol. The van der Waals surface area contributed by atoms with Crippen molar-refractivity contribution in [3.8, 4) is 5.75 Å². The third-order valence-electron chi connectivity index (χ3n) is 3.08. The molecule has 2 N–H and O–H groups in total. The van der Waals surface area contributed by atoms with E-state index >= 15 is 0 Å². The molecule has 0 aliphatic rings. The van der Waals surface area contributed by atoms with Crippen molar-refractivity contribution in [1.82, 2.24) is 0 Å². The van der Waals surface area contributed by atoms with Crippen LogP contribution < -0.4 is 10.5 Å². The van der Waals surface area contributed by atoms with E-state index in [4.69, 9.17) is 14.9 Å². The van der Waals surface area contributed by atoms with E-state index in [-0.39, 0.29) is 12.5 Å². The zero-order chi connectivity index (χ0) is 15.5. The number of nitrogens with two attached hydrogens (primary N) is 1. The van der Waals surface area contributed by atoms with E-state index in [1.807, 2.05) is 19.1 Å². The largest absolute Gasteiger partial charge is 0.493 e. The van der Waals surface area contributed by atoms with Crippen LogP contribution in [0.15, 0.2) is 40.8 Å². The Hall–Kier alpha value is -1.95. The fourth-order valence-electron chi connectivity index (χ4n) is 1.88. The molecule has 21 heavy (non-hydrogen) atoms. The van der Waals surface area contributed by atoms with E-state index in [1.54, 1.807) is 0 Å². The van der Waals surface area contributed by atoms with Crippen LogP contribution in [0.3, 0.4) is 0 Å². The molecule has 0 radical (unpaired) electrons. The van der Waals surface area contributed by atoms with Crippen molar-refractivity contribution in [2.75, 3.05) is 13.2 Å². The van der Waals surface area contributed by atoms with Crippen LogP contribution in [0.4, 0.5) is 13.2 Å². The second kappa shape index (κ2) is 6.22. The molecule has 1 atom stereocenters. The van der Waals surface area contributed by atoms with Crippen molar-refractivity contribution in [3.05, 3.63) is 53.5 Å². The van der Waals surface area contributed by atoms with Crippen molar-refractivity contribution in [2.45, 2.75) is 19.0 Å². The maximum Gasteiger partial charge on any atom is 0.416 e. The van der Waals surface area contributed by atoms with Crippen LogP contribution in [0.5, 0.6) is 5.75 Å². The van der Waals surface area contributed by atoms with Gasteiger partial charge < -0.3 is 14.9 Å². The number of rotatable bonds is 5. The predicted octanol–water partition coefficient (Wildman–Crippen LogP) is 3.73. The molecule has 1 unspecified atom stereocenters. The Morgan fingerprint density at radius 3 is 2.29 bits per heavy atom. The van der Waals surface area contributed by atoms with E-state index in [0.717, 1.165) is 17.9 Å². The van der Waals surface area contributed by atoms with Gasteiger partial charge in [-0.05, 0) is 43.3 Å². The summed E-state index contributed by atoms with van der Waals surface area (Å²) in [5, 5.41) is 0. The Bertz CT molecular complexity index is 575. The molecule has 3 nitrogen and oxygen atoms in total. The summed E-state index contributed by atoms with van der Waals surface area (Å²) in [5.41, 5.74) is 4.97. The zero-order valence-corrected chi connectivity index (χ0v) is 11.5. The van der Waals surface area contributed by atoms with Crippen molar-refractivity contribution in [1.29, 1.82) is 0 Å². The minimum absolute atomic E-state index is 0.138. The van der Waals surface area contributed by atoms with Crippen molar-refractivity contribution in [2.24, 2.45) is 5.73 Å². The maximum atomic E-state index is 12.4. The van der Waals surface area contributed by atoms with E-state index in [9.17, 15) is 13.2 Å². The monoisotopic (exact) mass is 299 g/mol. The molecule has 0 aliphatic heterocycles. The third kappa shape index (κ3) is 4.01. The number of aryl methyl sites for hydroxylation is 1. The average Bonchev–Trinajstić information content (AvgIpc) is 2.86. The van der Waals surface area contributed by atoms with Gasteiger partial charge in [-0.15, -0.1) is 0 Å². The van der Waals surface area contributed by atoms with Crippen LogP contribution in [0.1, 0.15) is 23.0 Å². The quantitative estimate of drug-likeness (QED) is 0.915. The number of furan rings is 1. The van der Waals surface area contributed by atoms with Crippen molar-refractivity contribution in [3.63, 3.8) is 0 Å². The predicted molar refractivity (Wildman–Crippen MR) is 72.2 cm³/mol. The molecule has 1 aromatic carbocycles. The molecule has 2 aromatic rings. The summed E-state index contributed by atoms with van der Waals surface area (Å²) in [5.74, 6) is 1.71. The van der Waals surface area contributed by atoms with Gasteiger partial charge in [-0.25, -0.2) is 0 Å². The standard InChI is InChI=1S/C15H16F3NO2/c1-10-2-7-14(21-10)11(8-19)9-20-13-5-3-12(4-6-13)15(16,17)18/h2-7,11H,8-9,19H2,1H3. The van der Waals surface area contributed by atoms with Crippen LogP contribution in [-0.4, -0.2) is 13.2 Å². The lowest BCUT2D eigenvalue weighted by Crippen LogP contribution is -2.19. The first-order chi connectivity index (χ1) is 9.90. The number of hydrogen-bond acceptors (Lipinski definition) is 3. The Kier molecular flexibility index (Phi) is 4.57. The molecule has 0 fully saturated rings. The number of benzene rings is 1. The SMILES string of the molecule is Cc1ccc(C(CN)COc2ccc(C(F)(F)F)cc2)o1.